The number of aromatic nitrogens is 1. The Labute approximate surface area is 112 Å². The third-order valence-electron chi connectivity index (χ3n) is 2.36. The molecule has 0 saturated heterocycles. The number of pyridine rings is 1. The molecule has 1 amide bonds. The molecule has 1 heterocycles. The van der Waals surface area contributed by atoms with Gasteiger partial charge in [0.1, 0.15) is 10.4 Å². The topological polar surface area (TPSA) is 42.0 Å². The van der Waals surface area contributed by atoms with Gasteiger partial charge in [-0.3, -0.25) is 4.79 Å². The van der Waals surface area contributed by atoms with Gasteiger partial charge in [-0.1, -0.05) is 6.07 Å². The predicted octanol–water partition coefficient (Wildman–Crippen LogP) is 3.54. The van der Waals surface area contributed by atoms with E-state index in [9.17, 15) is 9.18 Å². The van der Waals surface area contributed by atoms with Crippen molar-refractivity contribution in [3.8, 4) is 0 Å². The molecule has 2 aromatic rings. The average molecular weight is 309 g/mol. The first-order valence-electron chi connectivity index (χ1n) is 5.25. The monoisotopic (exact) mass is 308 g/mol. The van der Waals surface area contributed by atoms with Crippen molar-refractivity contribution in [3.63, 3.8) is 0 Å². The molecule has 0 saturated carbocycles. The highest BCUT2D eigenvalue weighted by molar-refractivity contribution is 9.10. The molecule has 92 valence electrons. The van der Waals surface area contributed by atoms with Crippen molar-refractivity contribution in [2.24, 2.45) is 0 Å². The maximum Gasteiger partial charge on any atom is 0.257 e. The van der Waals surface area contributed by atoms with E-state index < -0.39 is 5.82 Å². The van der Waals surface area contributed by atoms with E-state index in [1.165, 1.54) is 12.3 Å². The van der Waals surface area contributed by atoms with Crippen LogP contribution in [-0.4, -0.2) is 10.9 Å². The lowest BCUT2D eigenvalue weighted by atomic mass is 10.2. The molecule has 0 aliphatic heterocycles. The minimum atomic E-state index is -0.459. The van der Waals surface area contributed by atoms with Crippen LogP contribution in [0.2, 0.25) is 0 Å². The zero-order chi connectivity index (χ0) is 13.1. The Hall–Kier alpha value is -1.75. The third-order valence-corrected chi connectivity index (χ3v) is 2.83. The van der Waals surface area contributed by atoms with Gasteiger partial charge in [-0.25, -0.2) is 9.37 Å². The van der Waals surface area contributed by atoms with E-state index in [0.717, 1.165) is 5.56 Å². The van der Waals surface area contributed by atoms with Gasteiger partial charge in [-0.05, 0) is 52.7 Å². The SMILES string of the molecule is Cc1ccc(F)c(NC(=O)c2ccc(Br)nc2)c1. The molecular weight excluding hydrogens is 299 g/mol. The molecule has 5 heteroatoms. The van der Waals surface area contributed by atoms with Crippen molar-refractivity contribution in [3.05, 3.63) is 58.1 Å². The number of aryl methyl sites for hydroxylation is 1. The largest absolute Gasteiger partial charge is 0.319 e. The number of hydrogen-bond donors (Lipinski definition) is 1. The summed E-state index contributed by atoms with van der Waals surface area (Å²) in [6, 6.07) is 7.82. The Morgan fingerprint density at radius 3 is 2.78 bits per heavy atom. The first-order valence-corrected chi connectivity index (χ1v) is 6.04. The lowest BCUT2D eigenvalue weighted by Crippen LogP contribution is -2.13. The number of hydrogen-bond acceptors (Lipinski definition) is 2. The summed E-state index contributed by atoms with van der Waals surface area (Å²) in [5.41, 5.74) is 1.42. The van der Waals surface area contributed by atoms with Crippen LogP contribution in [0.5, 0.6) is 0 Å². The smallest absolute Gasteiger partial charge is 0.257 e. The van der Waals surface area contributed by atoms with E-state index in [4.69, 9.17) is 0 Å². The minimum absolute atomic E-state index is 0.169. The zero-order valence-corrected chi connectivity index (χ0v) is 11.2. The first-order chi connectivity index (χ1) is 8.56. The number of amides is 1. The van der Waals surface area contributed by atoms with Gasteiger partial charge < -0.3 is 5.32 Å². The highest BCUT2D eigenvalue weighted by Gasteiger charge is 2.09. The molecule has 0 radical (unpaired) electrons. The van der Waals surface area contributed by atoms with Crippen LogP contribution in [0.25, 0.3) is 0 Å². The molecule has 0 spiro atoms. The lowest BCUT2D eigenvalue weighted by Gasteiger charge is -2.07. The maximum atomic E-state index is 13.5. The van der Waals surface area contributed by atoms with Crippen molar-refractivity contribution >= 4 is 27.5 Å². The molecule has 1 N–H and O–H groups in total. The molecule has 0 aliphatic rings. The molecule has 0 aliphatic carbocycles. The van der Waals surface area contributed by atoms with Crippen LogP contribution < -0.4 is 5.32 Å². The standard InChI is InChI=1S/C13H10BrFN2O/c1-8-2-4-10(15)11(6-8)17-13(18)9-3-5-12(14)16-7-9/h2-7H,1H3,(H,17,18). The van der Waals surface area contributed by atoms with Crippen molar-refractivity contribution in [1.82, 2.24) is 4.98 Å². The highest BCUT2D eigenvalue weighted by Crippen LogP contribution is 2.17. The number of halogens is 2. The molecule has 2 rings (SSSR count). The molecule has 18 heavy (non-hydrogen) atoms. The van der Waals surface area contributed by atoms with Crippen LogP contribution >= 0.6 is 15.9 Å². The van der Waals surface area contributed by atoms with E-state index in [2.05, 4.69) is 26.2 Å². The van der Waals surface area contributed by atoms with E-state index in [1.807, 2.05) is 6.92 Å². The van der Waals surface area contributed by atoms with Crippen molar-refractivity contribution in [1.29, 1.82) is 0 Å². The van der Waals surface area contributed by atoms with Crippen LogP contribution in [0.3, 0.4) is 0 Å². The van der Waals surface area contributed by atoms with Gasteiger partial charge in [0.05, 0.1) is 11.3 Å². The fraction of sp³-hybridized carbons (Fsp3) is 0.0769. The fourth-order valence-electron chi connectivity index (χ4n) is 1.44. The Morgan fingerprint density at radius 2 is 2.11 bits per heavy atom. The van der Waals surface area contributed by atoms with Crippen LogP contribution in [0.4, 0.5) is 10.1 Å². The summed E-state index contributed by atoms with van der Waals surface area (Å²) in [5, 5.41) is 2.52. The van der Waals surface area contributed by atoms with Gasteiger partial charge in [0.25, 0.3) is 5.91 Å². The number of nitrogens with one attached hydrogen (secondary N) is 1. The number of nitrogens with zero attached hydrogens (tertiary/aromatic N) is 1. The summed E-state index contributed by atoms with van der Waals surface area (Å²) >= 11 is 3.18. The zero-order valence-electron chi connectivity index (χ0n) is 9.58. The number of carbonyl (C=O) groups excluding carboxylic acids is 1. The number of benzene rings is 1. The normalized spacial score (nSPS) is 10.2. The summed E-state index contributed by atoms with van der Waals surface area (Å²) in [4.78, 5) is 15.8. The Balaban J connectivity index is 2.21. The summed E-state index contributed by atoms with van der Waals surface area (Å²) in [7, 11) is 0. The Kier molecular flexibility index (Phi) is 3.72. The van der Waals surface area contributed by atoms with Crippen molar-refractivity contribution in [2.75, 3.05) is 5.32 Å². The van der Waals surface area contributed by atoms with Crippen LogP contribution in [-0.2, 0) is 0 Å². The molecule has 0 atom stereocenters. The second kappa shape index (κ2) is 5.27. The number of rotatable bonds is 2. The summed E-state index contributed by atoms with van der Waals surface area (Å²) < 4.78 is 14.1. The second-order valence-electron chi connectivity index (χ2n) is 3.81. The summed E-state index contributed by atoms with van der Waals surface area (Å²) in [6.45, 7) is 1.83. The van der Waals surface area contributed by atoms with Crippen molar-refractivity contribution < 1.29 is 9.18 Å². The van der Waals surface area contributed by atoms with E-state index >= 15 is 0 Å². The van der Waals surface area contributed by atoms with E-state index in [-0.39, 0.29) is 11.6 Å². The molecular formula is C13H10BrFN2O. The van der Waals surface area contributed by atoms with Gasteiger partial charge in [-0.2, -0.15) is 0 Å². The van der Waals surface area contributed by atoms with Gasteiger partial charge >= 0.3 is 0 Å². The predicted molar refractivity (Wildman–Crippen MR) is 71.0 cm³/mol. The lowest BCUT2D eigenvalue weighted by molar-refractivity contribution is 0.102. The van der Waals surface area contributed by atoms with E-state index in [1.54, 1.807) is 24.3 Å². The van der Waals surface area contributed by atoms with Crippen LogP contribution in [0, 0.1) is 12.7 Å². The number of anilines is 1. The van der Waals surface area contributed by atoms with Crippen LogP contribution in [0.1, 0.15) is 15.9 Å². The van der Waals surface area contributed by atoms with E-state index in [0.29, 0.717) is 10.2 Å². The summed E-state index contributed by atoms with van der Waals surface area (Å²) in [5.74, 6) is -0.849. The van der Waals surface area contributed by atoms with Gasteiger partial charge in [-0.15, -0.1) is 0 Å². The average Bonchev–Trinajstić information content (AvgIpc) is 2.34. The highest BCUT2D eigenvalue weighted by atomic mass is 79.9. The van der Waals surface area contributed by atoms with Gasteiger partial charge in [0.15, 0.2) is 0 Å². The van der Waals surface area contributed by atoms with Gasteiger partial charge in [0.2, 0.25) is 0 Å². The van der Waals surface area contributed by atoms with Crippen molar-refractivity contribution in [2.45, 2.75) is 6.92 Å². The number of carbonyl (C=O) groups is 1. The summed E-state index contributed by atoms with van der Waals surface area (Å²) in [6.07, 6.45) is 1.42. The minimum Gasteiger partial charge on any atom is -0.319 e. The molecule has 1 aromatic carbocycles. The third kappa shape index (κ3) is 2.92. The Morgan fingerprint density at radius 1 is 1.33 bits per heavy atom. The molecule has 1 aromatic heterocycles. The molecule has 0 fully saturated rings. The van der Waals surface area contributed by atoms with Crippen LogP contribution in [0.15, 0.2) is 41.1 Å². The fourth-order valence-corrected chi connectivity index (χ4v) is 1.67. The molecule has 0 bridgehead atoms. The maximum absolute atomic E-state index is 13.5. The second-order valence-corrected chi connectivity index (χ2v) is 4.62. The quantitative estimate of drug-likeness (QED) is 0.862. The molecule has 0 unspecified atom stereocenters. The first kappa shape index (κ1) is 12.7. The molecule has 3 nitrogen and oxygen atoms in total. The Bertz CT molecular complexity index is 584. The van der Waals surface area contributed by atoms with Gasteiger partial charge in [0, 0.05) is 6.20 Å².